The number of nitrogens with zero attached hydrogens (tertiary/aromatic N) is 2. The number of halogens is 5. The van der Waals surface area contributed by atoms with Crippen LogP contribution in [-0.4, -0.2) is 22.3 Å². The fraction of sp³-hybridized carbons (Fsp3) is 0.333. The number of benzene rings is 1. The van der Waals surface area contributed by atoms with Gasteiger partial charge in [-0.25, -0.2) is 0 Å². The van der Waals surface area contributed by atoms with Gasteiger partial charge < -0.3 is 10.1 Å². The van der Waals surface area contributed by atoms with Gasteiger partial charge in [0.05, 0.1) is 0 Å². The number of ether oxygens (including phenoxy) is 1. The lowest BCUT2D eigenvalue weighted by Gasteiger charge is -2.14. The molecule has 0 saturated heterocycles. The molecule has 1 aromatic carbocycles. The molecule has 2 rings (SSSR count). The van der Waals surface area contributed by atoms with Crippen LogP contribution >= 0.6 is 0 Å². The molecule has 0 fully saturated rings. The van der Waals surface area contributed by atoms with E-state index in [1.807, 2.05) is 0 Å². The number of hydrogen-bond donors (Lipinski definition) is 1. The summed E-state index contributed by atoms with van der Waals surface area (Å²) in [5, 5.41) is 5.82. The first-order valence-corrected chi connectivity index (χ1v) is 7.06. The molecule has 0 radical (unpaired) electrons. The van der Waals surface area contributed by atoms with Crippen LogP contribution in [0, 0.1) is 6.92 Å². The van der Waals surface area contributed by atoms with Crippen LogP contribution in [-0.2, 0) is 11.0 Å². The first-order chi connectivity index (χ1) is 11.6. The summed E-state index contributed by atoms with van der Waals surface area (Å²) in [6.45, 7) is -0.0782. The molecule has 25 heavy (non-hydrogen) atoms. The van der Waals surface area contributed by atoms with Gasteiger partial charge in [0.1, 0.15) is 11.8 Å². The lowest BCUT2D eigenvalue weighted by molar-refractivity contribution is -0.141. The minimum Gasteiger partial charge on any atom is -0.435 e. The third-order valence-electron chi connectivity index (χ3n) is 3.33. The number of amides is 1. The zero-order valence-electron chi connectivity index (χ0n) is 13.1. The van der Waals surface area contributed by atoms with Crippen LogP contribution in [0.3, 0.4) is 0 Å². The van der Waals surface area contributed by atoms with Crippen LogP contribution in [0.5, 0.6) is 5.75 Å². The molecule has 5 nitrogen and oxygen atoms in total. The summed E-state index contributed by atoms with van der Waals surface area (Å²) in [5.41, 5.74) is -0.445. The zero-order valence-corrected chi connectivity index (χ0v) is 13.1. The van der Waals surface area contributed by atoms with E-state index in [0.717, 1.165) is 16.9 Å². The van der Waals surface area contributed by atoms with Crippen LogP contribution in [0.2, 0.25) is 0 Å². The third kappa shape index (κ3) is 4.68. The van der Waals surface area contributed by atoms with E-state index in [0.29, 0.717) is 11.3 Å². The Labute approximate surface area is 139 Å². The first-order valence-electron chi connectivity index (χ1n) is 7.06. The number of aryl methyl sites for hydroxylation is 1. The lowest BCUT2D eigenvalue weighted by Crippen LogP contribution is -2.24. The smallest absolute Gasteiger partial charge is 0.435 e. The van der Waals surface area contributed by atoms with Crippen LogP contribution < -0.4 is 10.1 Å². The minimum atomic E-state index is -4.60. The normalized spacial score (nSPS) is 13.0. The summed E-state index contributed by atoms with van der Waals surface area (Å²) >= 11 is 0. The Morgan fingerprint density at radius 3 is 2.48 bits per heavy atom. The number of nitrogens with one attached hydrogen (secondary N) is 1. The van der Waals surface area contributed by atoms with Crippen molar-refractivity contribution in [1.82, 2.24) is 9.78 Å². The van der Waals surface area contributed by atoms with E-state index in [1.54, 1.807) is 0 Å². The molecule has 2 aromatic rings. The maximum atomic E-state index is 12.5. The highest BCUT2D eigenvalue weighted by Crippen LogP contribution is 2.28. The summed E-state index contributed by atoms with van der Waals surface area (Å²) in [7, 11) is 0. The molecule has 1 atom stereocenters. The highest BCUT2D eigenvalue weighted by atomic mass is 19.4. The monoisotopic (exact) mass is 363 g/mol. The lowest BCUT2D eigenvalue weighted by atomic mass is 10.2. The van der Waals surface area contributed by atoms with Gasteiger partial charge >= 0.3 is 12.8 Å². The third-order valence-corrected chi connectivity index (χ3v) is 3.33. The van der Waals surface area contributed by atoms with Crippen molar-refractivity contribution >= 4 is 11.6 Å². The topological polar surface area (TPSA) is 56.2 Å². The number of aromatic nitrogens is 2. The van der Waals surface area contributed by atoms with Gasteiger partial charge in [-0.05, 0) is 43.7 Å². The van der Waals surface area contributed by atoms with Crippen molar-refractivity contribution in [2.45, 2.75) is 32.7 Å². The van der Waals surface area contributed by atoms with Crippen molar-refractivity contribution in [2.75, 3.05) is 5.32 Å². The molecule has 1 amide bonds. The fourth-order valence-electron chi connectivity index (χ4n) is 2.03. The van der Waals surface area contributed by atoms with E-state index in [9.17, 15) is 26.7 Å². The number of anilines is 1. The predicted octanol–water partition coefficient (Wildman–Crippen LogP) is 4.01. The van der Waals surface area contributed by atoms with Crippen LogP contribution in [0.15, 0.2) is 30.5 Å². The van der Waals surface area contributed by atoms with Gasteiger partial charge in [0.2, 0.25) is 5.91 Å². The first kappa shape index (κ1) is 18.7. The van der Waals surface area contributed by atoms with Gasteiger partial charge in [-0.15, -0.1) is 0 Å². The molecule has 0 aliphatic heterocycles. The van der Waals surface area contributed by atoms with Crippen molar-refractivity contribution in [2.24, 2.45) is 0 Å². The Hall–Kier alpha value is -2.65. The molecule has 136 valence electrons. The van der Waals surface area contributed by atoms with E-state index in [1.165, 1.54) is 32.0 Å². The number of carbonyl (C=O) groups excluding carboxylic acids is 1. The van der Waals surface area contributed by atoms with Crippen molar-refractivity contribution in [3.8, 4) is 5.75 Å². The van der Waals surface area contributed by atoms with E-state index < -0.39 is 30.4 Å². The Balaban J connectivity index is 2.08. The molecule has 1 unspecified atom stereocenters. The zero-order chi connectivity index (χ0) is 18.8. The quantitative estimate of drug-likeness (QED) is 0.817. The minimum absolute atomic E-state index is 0.0389. The van der Waals surface area contributed by atoms with Crippen molar-refractivity contribution < 1.29 is 31.5 Å². The summed E-state index contributed by atoms with van der Waals surface area (Å²) in [6, 6.07) is 3.78. The maximum Gasteiger partial charge on any atom is 0.435 e. The molecule has 1 N–H and O–H groups in total. The van der Waals surface area contributed by atoms with Gasteiger partial charge in [-0.1, -0.05) is 0 Å². The van der Waals surface area contributed by atoms with Gasteiger partial charge in [0, 0.05) is 11.9 Å². The molecular weight excluding hydrogens is 349 g/mol. The molecule has 0 saturated carbocycles. The van der Waals surface area contributed by atoms with Gasteiger partial charge in [0.25, 0.3) is 0 Å². The standard InChI is InChI=1S/C15H14F5N3O2/c1-8-7-10(3-4-11(8)25-14(16)17)21-13(24)9(2)23-6-5-12(22-23)15(18,19)20/h3-7,9,14H,1-2H3,(H,21,24). The second-order valence-corrected chi connectivity index (χ2v) is 5.20. The SMILES string of the molecule is Cc1cc(NC(=O)C(C)n2ccc(C(F)(F)F)n2)ccc1OC(F)F. The summed E-state index contributed by atoms with van der Waals surface area (Å²) in [4.78, 5) is 12.1. The van der Waals surface area contributed by atoms with Gasteiger partial charge in [-0.2, -0.15) is 27.1 Å². The van der Waals surface area contributed by atoms with Gasteiger partial charge in [0.15, 0.2) is 5.69 Å². The molecule has 0 bridgehead atoms. The molecule has 0 aliphatic rings. The molecule has 0 spiro atoms. The molecule has 1 aromatic heterocycles. The van der Waals surface area contributed by atoms with E-state index in [2.05, 4.69) is 15.2 Å². The second kappa shape index (κ2) is 7.08. The van der Waals surface area contributed by atoms with E-state index in [4.69, 9.17) is 0 Å². The largest absolute Gasteiger partial charge is 0.435 e. The number of rotatable bonds is 5. The second-order valence-electron chi connectivity index (χ2n) is 5.20. The van der Waals surface area contributed by atoms with E-state index in [-0.39, 0.29) is 5.75 Å². The Morgan fingerprint density at radius 2 is 1.96 bits per heavy atom. The fourth-order valence-corrected chi connectivity index (χ4v) is 2.03. The average molecular weight is 363 g/mol. The summed E-state index contributed by atoms with van der Waals surface area (Å²) in [5.74, 6) is -0.651. The van der Waals surface area contributed by atoms with Crippen molar-refractivity contribution in [3.05, 3.63) is 41.7 Å². The molecule has 10 heteroatoms. The number of hydrogen-bond acceptors (Lipinski definition) is 3. The molecule has 1 heterocycles. The van der Waals surface area contributed by atoms with E-state index >= 15 is 0 Å². The Kier molecular flexibility index (Phi) is 5.29. The Bertz CT molecular complexity index is 758. The molecule has 0 aliphatic carbocycles. The summed E-state index contributed by atoms with van der Waals surface area (Å²) in [6.07, 6.45) is -3.54. The number of alkyl halides is 5. The predicted molar refractivity (Wildman–Crippen MR) is 78.4 cm³/mol. The maximum absolute atomic E-state index is 12.5. The molecular formula is C15H14F5N3O2. The highest BCUT2D eigenvalue weighted by Gasteiger charge is 2.34. The van der Waals surface area contributed by atoms with Crippen LogP contribution in [0.1, 0.15) is 24.2 Å². The van der Waals surface area contributed by atoms with Gasteiger partial charge in [-0.3, -0.25) is 9.48 Å². The van der Waals surface area contributed by atoms with Crippen molar-refractivity contribution in [3.63, 3.8) is 0 Å². The van der Waals surface area contributed by atoms with Crippen LogP contribution in [0.4, 0.5) is 27.6 Å². The summed E-state index contributed by atoms with van der Waals surface area (Å²) < 4.78 is 67.2. The van der Waals surface area contributed by atoms with Crippen molar-refractivity contribution in [1.29, 1.82) is 0 Å². The highest BCUT2D eigenvalue weighted by molar-refractivity contribution is 5.93. The Morgan fingerprint density at radius 1 is 1.28 bits per heavy atom. The average Bonchev–Trinajstić information content (AvgIpc) is 2.98. The van der Waals surface area contributed by atoms with Crippen LogP contribution in [0.25, 0.3) is 0 Å². The number of carbonyl (C=O) groups is 1.